The summed E-state index contributed by atoms with van der Waals surface area (Å²) in [6.07, 6.45) is 61.4. The van der Waals surface area contributed by atoms with Gasteiger partial charge in [0.15, 0.2) is 12.1 Å². The average Bonchev–Trinajstić information content (AvgIpc) is 3.24. The van der Waals surface area contributed by atoms with E-state index in [-0.39, 0.29) is 42.7 Å². The summed E-state index contributed by atoms with van der Waals surface area (Å²) < 4.78 is 17.3. The van der Waals surface area contributed by atoms with E-state index in [2.05, 4.69) is 123 Å². The van der Waals surface area contributed by atoms with E-state index in [0.717, 1.165) is 89.9 Å². The average molecular weight is 877 g/mol. The van der Waals surface area contributed by atoms with Crippen LogP contribution in [0.15, 0.2) is 109 Å². The number of aliphatic carboxylic acids is 1. The third-order valence-electron chi connectivity index (χ3n) is 10.2. The lowest BCUT2D eigenvalue weighted by Gasteiger charge is -2.31. The minimum absolute atomic E-state index is 0.0295. The van der Waals surface area contributed by atoms with E-state index in [1.54, 1.807) is 0 Å². The van der Waals surface area contributed by atoms with Crippen molar-refractivity contribution in [1.29, 1.82) is 0 Å². The van der Waals surface area contributed by atoms with Gasteiger partial charge in [0.25, 0.3) is 0 Å². The van der Waals surface area contributed by atoms with Gasteiger partial charge in [0.1, 0.15) is 6.61 Å². The van der Waals surface area contributed by atoms with Gasteiger partial charge in [0, 0.05) is 19.3 Å². The zero-order chi connectivity index (χ0) is 46.3. The van der Waals surface area contributed by atoms with Crippen molar-refractivity contribution >= 4 is 17.9 Å². The number of carbonyl (C=O) groups excluding carboxylic acids is 2. The van der Waals surface area contributed by atoms with Gasteiger partial charge in [0.05, 0.1) is 34.4 Å². The molecule has 2 unspecified atom stereocenters. The largest absolute Gasteiger partial charge is 0.477 e. The molecule has 1 N–H and O–H groups in total. The van der Waals surface area contributed by atoms with Gasteiger partial charge >= 0.3 is 17.9 Å². The second kappa shape index (κ2) is 44.6. The van der Waals surface area contributed by atoms with Crippen molar-refractivity contribution in [2.75, 3.05) is 41.0 Å². The van der Waals surface area contributed by atoms with Gasteiger partial charge in [-0.1, -0.05) is 168 Å². The first-order valence-corrected chi connectivity index (χ1v) is 24.4. The number of quaternary nitrogens is 1. The van der Waals surface area contributed by atoms with Gasteiger partial charge in [0.2, 0.25) is 0 Å². The fourth-order valence-corrected chi connectivity index (χ4v) is 6.47. The molecule has 0 spiro atoms. The highest BCUT2D eigenvalue weighted by Crippen LogP contribution is 2.13. The molecule has 0 aromatic rings. The summed E-state index contributed by atoms with van der Waals surface area (Å²) in [4.78, 5) is 37.1. The molecule has 63 heavy (non-hydrogen) atoms. The minimum atomic E-state index is -0.889. The SMILES string of the molecule is CC/C=C/C/C=C/C/C=C/C/C=C/C/C=C/CCCC(=O)OC(COCCC(C(=O)O)[N+](C)(C)C)COC(=O)CCCCCCCCCCC/C=C/C/C=C/C/C=C/C/C=C/CC. The second-order valence-corrected chi connectivity index (χ2v) is 17.0. The first kappa shape index (κ1) is 59.0. The number of carboxylic acid groups (broad SMARTS) is 1. The van der Waals surface area contributed by atoms with Crippen LogP contribution in [0.25, 0.3) is 0 Å². The molecule has 0 amide bonds. The fraction of sp³-hybridized carbons (Fsp3) is 0.618. The van der Waals surface area contributed by atoms with Crippen molar-refractivity contribution in [1.82, 2.24) is 0 Å². The number of hydrogen-bond acceptors (Lipinski definition) is 6. The zero-order valence-electron chi connectivity index (χ0n) is 40.5. The Morgan fingerprint density at radius 2 is 0.857 bits per heavy atom. The lowest BCUT2D eigenvalue weighted by molar-refractivity contribution is -0.887. The van der Waals surface area contributed by atoms with Crippen LogP contribution in [0.3, 0.4) is 0 Å². The monoisotopic (exact) mass is 877 g/mol. The van der Waals surface area contributed by atoms with E-state index in [1.807, 2.05) is 21.1 Å². The first-order valence-electron chi connectivity index (χ1n) is 24.4. The van der Waals surface area contributed by atoms with Crippen molar-refractivity contribution < 1.29 is 38.2 Å². The third kappa shape index (κ3) is 43.0. The van der Waals surface area contributed by atoms with Crippen LogP contribution < -0.4 is 0 Å². The van der Waals surface area contributed by atoms with Crippen molar-refractivity contribution in [2.24, 2.45) is 0 Å². The summed E-state index contributed by atoms with van der Waals surface area (Å²) in [5.41, 5.74) is 0. The minimum Gasteiger partial charge on any atom is -0.477 e. The summed E-state index contributed by atoms with van der Waals surface area (Å²) in [6.45, 7) is 4.43. The molecule has 0 aromatic heterocycles. The van der Waals surface area contributed by atoms with E-state index in [1.165, 1.54) is 38.5 Å². The Bertz CT molecular complexity index is 1390. The Morgan fingerprint density at radius 1 is 0.476 bits per heavy atom. The van der Waals surface area contributed by atoms with Gasteiger partial charge in [-0.2, -0.15) is 0 Å². The van der Waals surface area contributed by atoms with Gasteiger partial charge in [-0.25, -0.2) is 4.79 Å². The molecule has 2 atom stereocenters. The van der Waals surface area contributed by atoms with Crippen molar-refractivity contribution in [2.45, 2.75) is 180 Å². The number of nitrogens with zero attached hydrogens (tertiary/aromatic N) is 1. The van der Waals surface area contributed by atoms with Crippen molar-refractivity contribution in [3.8, 4) is 0 Å². The van der Waals surface area contributed by atoms with Crippen LogP contribution in [-0.4, -0.2) is 80.6 Å². The van der Waals surface area contributed by atoms with Gasteiger partial charge in [-0.15, -0.1) is 0 Å². The van der Waals surface area contributed by atoms with Crippen LogP contribution in [-0.2, 0) is 28.6 Å². The highest BCUT2D eigenvalue weighted by molar-refractivity contribution is 5.72. The summed E-state index contributed by atoms with van der Waals surface area (Å²) in [5, 5.41) is 9.64. The number of likely N-dealkylation sites (N-methyl/N-ethyl adjacent to an activating group) is 1. The first-order chi connectivity index (χ1) is 30.6. The molecule has 0 saturated heterocycles. The number of rotatable bonds is 42. The van der Waals surface area contributed by atoms with E-state index in [0.29, 0.717) is 19.3 Å². The van der Waals surface area contributed by atoms with Gasteiger partial charge in [-0.3, -0.25) is 9.59 Å². The number of esters is 2. The Hall–Kier alpha value is -4.01. The van der Waals surface area contributed by atoms with Crippen LogP contribution in [0, 0.1) is 0 Å². The molecule has 0 aliphatic rings. The molecular formula is C55H90NO7+. The lowest BCUT2D eigenvalue weighted by atomic mass is 10.1. The van der Waals surface area contributed by atoms with Crippen molar-refractivity contribution in [3.63, 3.8) is 0 Å². The summed E-state index contributed by atoms with van der Waals surface area (Å²) >= 11 is 0. The van der Waals surface area contributed by atoms with E-state index >= 15 is 0 Å². The normalized spacial score (nSPS) is 13.9. The molecule has 0 saturated carbocycles. The Morgan fingerprint density at radius 3 is 1.29 bits per heavy atom. The van der Waals surface area contributed by atoms with E-state index in [4.69, 9.17) is 14.2 Å². The Labute approximate surface area is 385 Å². The predicted molar refractivity (Wildman–Crippen MR) is 266 cm³/mol. The molecular weight excluding hydrogens is 787 g/mol. The van der Waals surface area contributed by atoms with Crippen LogP contribution in [0.2, 0.25) is 0 Å². The third-order valence-corrected chi connectivity index (χ3v) is 10.2. The molecule has 8 heteroatoms. The van der Waals surface area contributed by atoms with E-state index in [9.17, 15) is 19.5 Å². The number of allylic oxidation sites excluding steroid dienone is 18. The molecule has 0 bridgehead atoms. The second-order valence-electron chi connectivity index (χ2n) is 17.0. The summed E-state index contributed by atoms with van der Waals surface area (Å²) in [7, 11) is 5.50. The number of ether oxygens (including phenoxy) is 3. The smallest absolute Gasteiger partial charge is 0.362 e. The quantitative estimate of drug-likeness (QED) is 0.0282. The maximum Gasteiger partial charge on any atom is 0.362 e. The summed E-state index contributed by atoms with van der Waals surface area (Å²) in [5.74, 6) is -1.56. The Balaban J connectivity index is 4.37. The maximum atomic E-state index is 12.7. The highest BCUT2D eigenvalue weighted by Gasteiger charge is 2.31. The van der Waals surface area contributed by atoms with Gasteiger partial charge < -0.3 is 23.8 Å². The Kier molecular flexibility index (Phi) is 41.8. The molecule has 0 aliphatic carbocycles. The predicted octanol–water partition coefficient (Wildman–Crippen LogP) is 14.0. The fourth-order valence-electron chi connectivity index (χ4n) is 6.47. The molecule has 0 fully saturated rings. The molecule has 356 valence electrons. The molecule has 0 aliphatic heterocycles. The number of carbonyl (C=O) groups is 3. The zero-order valence-corrected chi connectivity index (χ0v) is 40.5. The van der Waals surface area contributed by atoms with Gasteiger partial charge in [-0.05, 0) is 89.9 Å². The molecule has 0 radical (unpaired) electrons. The molecule has 8 nitrogen and oxygen atoms in total. The van der Waals surface area contributed by atoms with Crippen molar-refractivity contribution in [3.05, 3.63) is 109 Å². The number of unbranched alkanes of at least 4 members (excludes halogenated alkanes) is 10. The molecule has 0 heterocycles. The van der Waals surface area contributed by atoms with Crippen LogP contribution in [0.5, 0.6) is 0 Å². The molecule has 0 rings (SSSR count). The maximum absolute atomic E-state index is 12.7. The molecule has 0 aromatic carbocycles. The van der Waals surface area contributed by atoms with Crippen LogP contribution >= 0.6 is 0 Å². The number of carboxylic acids is 1. The van der Waals surface area contributed by atoms with E-state index < -0.39 is 18.1 Å². The lowest BCUT2D eigenvalue weighted by Crippen LogP contribution is -2.50. The standard InChI is InChI=1S/C55H89NO7/c1-6-8-10-12-14-16-18-20-22-24-25-26-27-28-30-31-33-35-37-39-41-43-45-53(57)62-50-51(49-61-48-47-52(55(59)60)56(3,4)5)63-54(58)46-44-42-40-38-36-34-32-29-23-21-19-17-15-13-11-9-7-2/h8-11,14-17,20-23,25-26,32,34,38,40,51-52H,6-7,12-13,18-19,24,27-31,33,35-37,39,41-50H2,1-5H3/p+1/b10-8+,11-9+,16-14+,17-15+,22-20+,23-21+,26-25+,34-32+,40-38+. The summed E-state index contributed by atoms with van der Waals surface area (Å²) in [6, 6.07) is -0.633. The number of hydrogen-bond donors (Lipinski definition) is 1. The van der Waals surface area contributed by atoms with Crippen LogP contribution in [0.1, 0.15) is 168 Å². The highest BCUT2D eigenvalue weighted by atomic mass is 16.6. The topological polar surface area (TPSA) is 99.1 Å². The van der Waals surface area contributed by atoms with Crippen LogP contribution in [0.4, 0.5) is 0 Å².